The molecule has 2 nitrogen and oxygen atoms in total. The van der Waals surface area contributed by atoms with Crippen molar-refractivity contribution in [2.24, 2.45) is 11.8 Å². The second kappa shape index (κ2) is 11.1. The summed E-state index contributed by atoms with van der Waals surface area (Å²) in [5.74, 6) is 0.541. The molecule has 3 heteroatoms. The van der Waals surface area contributed by atoms with E-state index in [-0.39, 0.29) is 12.0 Å². The number of esters is 1. The van der Waals surface area contributed by atoms with Gasteiger partial charge in [-0.3, -0.25) is 0 Å². The molecule has 162 valence electrons. The third-order valence-corrected chi connectivity index (χ3v) is 7.34. The van der Waals surface area contributed by atoms with E-state index in [9.17, 15) is 9.18 Å². The van der Waals surface area contributed by atoms with Crippen LogP contribution in [0.3, 0.4) is 0 Å². The first-order valence-electron chi connectivity index (χ1n) is 12.0. The largest absolute Gasteiger partial charge is 0.460 e. The highest BCUT2D eigenvalue weighted by Gasteiger charge is 2.30. The van der Waals surface area contributed by atoms with Crippen LogP contribution in [0.4, 0.5) is 4.39 Å². The summed E-state index contributed by atoms with van der Waals surface area (Å²) in [5.41, 5.74) is 2.86. The van der Waals surface area contributed by atoms with Gasteiger partial charge >= 0.3 is 5.97 Å². The minimum absolute atomic E-state index is 0.115. The minimum Gasteiger partial charge on any atom is -0.460 e. The van der Waals surface area contributed by atoms with Crippen LogP contribution in [0.5, 0.6) is 0 Å². The molecule has 0 aromatic heterocycles. The fraction of sp³-hybridized carbons (Fsp3) is 0.731. The van der Waals surface area contributed by atoms with Crippen LogP contribution in [0.1, 0.15) is 102 Å². The highest BCUT2D eigenvalue weighted by atomic mass is 19.1. The lowest BCUT2D eigenvalue weighted by atomic mass is 9.82. The standard InChI is InChI=1S/C26H39FO2/c1-3-19(2)25(27)26(28)29-24-17-15-23(16-18-24)22-13-11-21(12-14-22)10-9-20-7-5-4-6-8-20/h11-14,19-20,23-25H,3-10,15-18H2,1-2H3/t19-,23?,24?,25-/m0/s1. The predicted octanol–water partition coefficient (Wildman–Crippen LogP) is 7.15. The minimum atomic E-state index is -1.49. The average molecular weight is 403 g/mol. The molecule has 0 N–H and O–H groups in total. The van der Waals surface area contributed by atoms with Crippen LogP contribution in [0, 0.1) is 11.8 Å². The van der Waals surface area contributed by atoms with Crippen LogP contribution in [-0.4, -0.2) is 18.2 Å². The molecule has 0 radical (unpaired) electrons. The quantitative estimate of drug-likeness (QED) is 0.431. The van der Waals surface area contributed by atoms with Gasteiger partial charge in [0.15, 0.2) is 6.17 Å². The Morgan fingerprint density at radius 3 is 2.31 bits per heavy atom. The van der Waals surface area contributed by atoms with Crippen LogP contribution < -0.4 is 0 Å². The van der Waals surface area contributed by atoms with E-state index in [4.69, 9.17) is 4.74 Å². The first-order chi connectivity index (χ1) is 14.1. The number of halogens is 1. The summed E-state index contributed by atoms with van der Waals surface area (Å²) >= 11 is 0. The van der Waals surface area contributed by atoms with Gasteiger partial charge in [-0.15, -0.1) is 0 Å². The number of alkyl halides is 1. The van der Waals surface area contributed by atoms with E-state index in [1.165, 1.54) is 56.1 Å². The molecule has 2 saturated carbocycles. The van der Waals surface area contributed by atoms with Crippen molar-refractivity contribution in [1.29, 1.82) is 0 Å². The average Bonchev–Trinajstić information content (AvgIpc) is 2.78. The summed E-state index contributed by atoms with van der Waals surface area (Å²) in [6.07, 6.45) is 12.4. The second-order valence-electron chi connectivity index (χ2n) is 9.48. The van der Waals surface area contributed by atoms with Gasteiger partial charge in [-0.2, -0.15) is 0 Å². The highest BCUT2D eigenvalue weighted by molar-refractivity contribution is 5.75. The number of rotatable bonds is 8. The molecule has 2 atom stereocenters. The molecule has 0 amide bonds. The van der Waals surface area contributed by atoms with Crippen molar-refractivity contribution < 1.29 is 13.9 Å². The maximum atomic E-state index is 14.0. The molecule has 3 rings (SSSR count). The Kier molecular flexibility index (Phi) is 8.56. The molecule has 0 aliphatic heterocycles. The Morgan fingerprint density at radius 2 is 1.69 bits per heavy atom. The molecule has 0 saturated heterocycles. The zero-order chi connectivity index (χ0) is 20.6. The van der Waals surface area contributed by atoms with Crippen molar-refractivity contribution in [2.75, 3.05) is 0 Å². The van der Waals surface area contributed by atoms with Crippen LogP contribution in [0.2, 0.25) is 0 Å². The molecule has 0 spiro atoms. The Morgan fingerprint density at radius 1 is 1.03 bits per heavy atom. The molecule has 2 aliphatic rings. The second-order valence-corrected chi connectivity index (χ2v) is 9.48. The van der Waals surface area contributed by atoms with Crippen molar-refractivity contribution in [3.05, 3.63) is 35.4 Å². The third kappa shape index (κ3) is 6.55. The van der Waals surface area contributed by atoms with E-state index >= 15 is 0 Å². The van der Waals surface area contributed by atoms with Crippen molar-refractivity contribution >= 4 is 5.97 Å². The monoisotopic (exact) mass is 402 g/mol. The molecule has 0 bridgehead atoms. The van der Waals surface area contributed by atoms with Crippen LogP contribution >= 0.6 is 0 Å². The lowest BCUT2D eigenvalue weighted by Gasteiger charge is -2.29. The van der Waals surface area contributed by atoms with Gasteiger partial charge in [0.2, 0.25) is 0 Å². The molecule has 1 aromatic carbocycles. The molecule has 29 heavy (non-hydrogen) atoms. The van der Waals surface area contributed by atoms with Crippen LogP contribution in [0.25, 0.3) is 0 Å². The third-order valence-electron chi connectivity index (χ3n) is 7.34. The lowest BCUT2D eigenvalue weighted by Crippen LogP contribution is -2.31. The molecule has 0 unspecified atom stereocenters. The van der Waals surface area contributed by atoms with Crippen molar-refractivity contribution in [2.45, 2.75) is 109 Å². The van der Waals surface area contributed by atoms with E-state index in [1.807, 2.05) is 6.92 Å². The predicted molar refractivity (Wildman–Crippen MR) is 117 cm³/mol. The number of benzene rings is 1. The summed E-state index contributed by atoms with van der Waals surface area (Å²) in [4.78, 5) is 12.0. The molecule has 2 aliphatic carbocycles. The fourth-order valence-electron chi connectivity index (χ4n) is 4.99. The van der Waals surface area contributed by atoms with E-state index in [0.717, 1.165) is 31.6 Å². The topological polar surface area (TPSA) is 26.3 Å². The molecule has 1 aromatic rings. The Labute approximate surface area is 176 Å². The molecule has 2 fully saturated rings. The van der Waals surface area contributed by atoms with Crippen molar-refractivity contribution in [3.63, 3.8) is 0 Å². The number of carbonyl (C=O) groups excluding carboxylic acids is 1. The van der Waals surface area contributed by atoms with Gasteiger partial charge in [-0.25, -0.2) is 9.18 Å². The summed E-state index contributed by atoms with van der Waals surface area (Å²) in [6, 6.07) is 9.22. The zero-order valence-electron chi connectivity index (χ0n) is 18.4. The van der Waals surface area contributed by atoms with Gasteiger partial charge in [-0.05, 0) is 67.4 Å². The van der Waals surface area contributed by atoms with Gasteiger partial charge in [0, 0.05) is 0 Å². The number of carbonyl (C=O) groups is 1. The van der Waals surface area contributed by atoms with Crippen molar-refractivity contribution in [3.8, 4) is 0 Å². The zero-order valence-corrected chi connectivity index (χ0v) is 18.4. The smallest absolute Gasteiger partial charge is 0.341 e. The van der Waals surface area contributed by atoms with E-state index in [2.05, 4.69) is 24.3 Å². The summed E-state index contributed by atoms with van der Waals surface area (Å²) < 4.78 is 19.5. The van der Waals surface area contributed by atoms with Gasteiger partial charge in [0.25, 0.3) is 0 Å². The Balaban J connectivity index is 1.41. The fourth-order valence-corrected chi connectivity index (χ4v) is 4.99. The number of hydrogen-bond acceptors (Lipinski definition) is 2. The van der Waals surface area contributed by atoms with Gasteiger partial charge in [-0.1, -0.05) is 76.6 Å². The maximum absolute atomic E-state index is 14.0. The van der Waals surface area contributed by atoms with Gasteiger partial charge < -0.3 is 4.74 Å². The SMILES string of the molecule is CC[C@H](C)[C@H](F)C(=O)OC1CCC(c2ccc(CCC3CCCCC3)cc2)CC1. The molecular formula is C26H39FO2. The van der Waals surface area contributed by atoms with E-state index < -0.39 is 12.1 Å². The number of aryl methyl sites for hydroxylation is 1. The van der Waals surface area contributed by atoms with E-state index in [1.54, 1.807) is 6.92 Å². The van der Waals surface area contributed by atoms with Crippen molar-refractivity contribution in [1.82, 2.24) is 0 Å². The normalized spacial score (nSPS) is 25.3. The van der Waals surface area contributed by atoms with Gasteiger partial charge in [0.1, 0.15) is 6.10 Å². The Bertz CT molecular complexity index is 612. The van der Waals surface area contributed by atoms with Crippen LogP contribution in [-0.2, 0) is 16.0 Å². The van der Waals surface area contributed by atoms with E-state index in [0.29, 0.717) is 12.3 Å². The summed E-state index contributed by atoms with van der Waals surface area (Å²) in [5, 5.41) is 0. The first kappa shape index (κ1) is 22.3. The number of ether oxygens (including phenoxy) is 1. The number of hydrogen-bond donors (Lipinski definition) is 0. The Hall–Kier alpha value is -1.38. The summed E-state index contributed by atoms with van der Waals surface area (Å²) in [7, 11) is 0. The lowest BCUT2D eigenvalue weighted by molar-refractivity contribution is -0.158. The van der Waals surface area contributed by atoms with Crippen LogP contribution in [0.15, 0.2) is 24.3 Å². The summed E-state index contributed by atoms with van der Waals surface area (Å²) in [6.45, 7) is 3.67. The first-order valence-corrected chi connectivity index (χ1v) is 12.0. The van der Waals surface area contributed by atoms with Gasteiger partial charge in [0.05, 0.1) is 0 Å². The molecule has 0 heterocycles. The maximum Gasteiger partial charge on any atom is 0.341 e. The highest BCUT2D eigenvalue weighted by Crippen LogP contribution is 2.35. The molecular weight excluding hydrogens is 363 g/mol.